The Bertz CT molecular complexity index is 648. The fourth-order valence-electron chi connectivity index (χ4n) is 2.07. The number of ether oxygens (including phenoxy) is 1. The highest BCUT2D eigenvalue weighted by molar-refractivity contribution is 5.98. The molecule has 1 aromatic carbocycles. The third kappa shape index (κ3) is 3.61. The quantitative estimate of drug-likeness (QED) is 0.629. The maximum Gasteiger partial charge on any atom is 0.334 e. The van der Waals surface area contributed by atoms with Crippen molar-refractivity contribution in [2.24, 2.45) is 0 Å². The first-order valence-electron chi connectivity index (χ1n) is 6.84. The van der Waals surface area contributed by atoms with Gasteiger partial charge in [-0.05, 0) is 31.0 Å². The summed E-state index contributed by atoms with van der Waals surface area (Å²) >= 11 is 0. The molecule has 1 amide bonds. The van der Waals surface area contributed by atoms with Gasteiger partial charge in [-0.3, -0.25) is 9.63 Å². The molecule has 6 nitrogen and oxygen atoms in total. The first-order chi connectivity index (χ1) is 10.2. The van der Waals surface area contributed by atoms with Crippen molar-refractivity contribution in [2.75, 3.05) is 13.2 Å². The number of carbonyl (C=O) groups excluding carboxylic acids is 2. The molecule has 2 aromatic rings. The second-order valence-corrected chi connectivity index (χ2v) is 4.44. The summed E-state index contributed by atoms with van der Waals surface area (Å²) in [6.07, 6.45) is 0.885. The van der Waals surface area contributed by atoms with Gasteiger partial charge in [-0.25, -0.2) is 10.3 Å². The van der Waals surface area contributed by atoms with Crippen LogP contribution in [0.2, 0.25) is 0 Å². The average Bonchev–Trinajstić information content (AvgIpc) is 2.91. The number of amides is 1. The second kappa shape index (κ2) is 6.90. The molecule has 6 heteroatoms. The van der Waals surface area contributed by atoms with Gasteiger partial charge < -0.3 is 9.72 Å². The molecule has 0 aliphatic heterocycles. The normalized spacial score (nSPS) is 10.6. The van der Waals surface area contributed by atoms with Crippen molar-refractivity contribution >= 4 is 22.8 Å². The molecule has 2 rings (SSSR count). The molecule has 2 N–H and O–H groups in total. The molecule has 0 unspecified atom stereocenters. The third-order valence-electron chi connectivity index (χ3n) is 3.04. The summed E-state index contributed by atoms with van der Waals surface area (Å²) in [5.41, 5.74) is 4.66. The number of esters is 1. The highest BCUT2D eigenvalue weighted by atomic mass is 16.7. The number of benzene rings is 1. The number of hydrogen-bond donors (Lipinski definition) is 2. The smallest absolute Gasteiger partial charge is 0.334 e. The van der Waals surface area contributed by atoms with E-state index in [-0.39, 0.29) is 13.2 Å². The van der Waals surface area contributed by atoms with Crippen LogP contribution in [-0.2, 0) is 20.8 Å². The Morgan fingerprint density at radius 1 is 1.29 bits per heavy atom. The summed E-state index contributed by atoms with van der Waals surface area (Å²) in [7, 11) is 0. The minimum Gasteiger partial charge on any atom is -0.464 e. The van der Waals surface area contributed by atoms with Crippen molar-refractivity contribution in [3.63, 3.8) is 0 Å². The number of aromatic amines is 1. The number of aromatic nitrogens is 1. The lowest BCUT2D eigenvalue weighted by Gasteiger charge is -2.04. The second-order valence-electron chi connectivity index (χ2n) is 4.44. The van der Waals surface area contributed by atoms with Crippen molar-refractivity contribution < 1.29 is 19.2 Å². The lowest BCUT2D eigenvalue weighted by Crippen LogP contribution is -2.27. The summed E-state index contributed by atoms with van der Waals surface area (Å²) < 4.78 is 4.68. The van der Waals surface area contributed by atoms with Gasteiger partial charge in [-0.15, -0.1) is 0 Å². The standard InChI is InChI=1S/C15H18N2O4/c1-3-10-6-5-7-12-11(10)8-13(16-12)15(19)17-21-9-14(18)20-4-2/h5-8,16H,3-4,9H2,1-2H3,(H,17,19). The molecule has 112 valence electrons. The van der Waals surface area contributed by atoms with E-state index in [4.69, 9.17) is 4.84 Å². The largest absolute Gasteiger partial charge is 0.464 e. The molecule has 0 fully saturated rings. The van der Waals surface area contributed by atoms with Gasteiger partial charge in [0.1, 0.15) is 5.69 Å². The fourth-order valence-corrected chi connectivity index (χ4v) is 2.07. The lowest BCUT2D eigenvalue weighted by atomic mass is 10.1. The van der Waals surface area contributed by atoms with Crippen LogP contribution >= 0.6 is 0 Å². The van der Waals surface area contributed by atoms with Crippen molar-refractivity contribution in [2.45, 2.75) is 20.3 Å². The number of hydrogen-bond acceptors (Lipinski definition) is 4. The predicted octanol–water partition coefficient (Wildman–Crippen LogP) is 1.95. The van der Waals surface area contributed by atoms with Gasteiger partial charge in [0.15, 0.2) is 6.61 Å². The zero-order valence-electron chi connectivity index (χ0n) is 12.1. The summed E-state index contributed by atoms with van der Waals surface area (Å²) in [6, 6.07) is 7.65. The first-order valence-corrected chi connectivity index (χ1v) is 6.84. The van der Waals surface area contributed by atoms with Crippen LogP contribution in [0.25, 0.3) is 10.9 Å². The van der Waals surface area contributed by atoms with Gasteiger partial charge in [0.25, 0.3) is 5.91 Å². The number of aryl methyl sites for hydroxylation is 1. The van der Waals surface area contributed by atoms with Crippen LogP contribution in [0.3, 0.4) is 0 Å². The van der Waals surface area contributed by atoms with Crippen LogP contribution in [-0.4, -0.2) is 30.1 Å². The van der Waals surface area contributed by atoms with Gasteiger partial charge in [0.05, 0.1) is 6.61 Å². The number of fused-ring (bicyclic) bond motifs is 1. The van der Waals surface area contributed by atoms with E-state index < -0.39 is 11.9 Å². The van der Waals surface area contributed by atoms with E-state index in [2.05, 4.69) is 22.1 Å². The van der Waals surface area contributed by atoms with Crippen molar-refractivity contribution in [3.05, 3.63) is 35.5 Å². The predicted molar refractivity (Wildman–Crippen MR) is 77.7 cm³/mol. The van der Waals surface area contributed by atoms with E-state index in [1.54, 1.807) is 13.0 Å². The molecule has 0 aliphatic carbocycles. The molecule has 0 spiro atoms. The molecule has 1 aromatic heterocycles. The molecular formula is C15H18N2O4. The van der Waals surface area contributed by atoms with E-state index in [0.29, 0.717) is 5.69 Å². The molecule has 0 saturated heterocycles. The Balaban J connectivity index is 2.01. The monoisotopic (exact) mass is 290 g/mol. The molecule has 0 bridgehead atoms. The number of hydroxylamine groups is 1. The Morgan fingerprint density at radius 3 is 2.81 bits per heavy atom. The van der Waals surface area contributed by atoms with Crippen LogP contribution in [0, 0.1) is 0 Å². The third-order valence-corrected chi connectivity index (χ3v) is 3.04. The zero-order valence-corrected chi connectivity index (χ0v) is 12.1. The number of H-pyrrole nitrogens is 1. The van der Waals surface area contributed by atoms with E-state index in [9.17, 15) is 9.59 Å². The van der Waals surface area contributed by atoms with Crippen LogP contribution in [0.1, 0.15) is 29.9 Å². The average molecular weight is 290 g/mol. The number of rotatable bonds is 6. The van der Waals surface area contributed by atoms with Gasteiger partial charge in [0.2, 0.25) is 0 Å². The van der Waals surface area contributed by atoms with Crippen LogP contribution in [0.15, 0.2) is 24.3 Å². The fraction of sp³-hybridized carbons (Fsp3) is 0.333. The first kappa shape index (κ1) is 15.1. The summed E-state index contributed by atoms with van der Waals surface area (Å²) in [5, 5.41) is 1.01. The molecule has 0 atom stereocenters. The summed E-state index contributed by atoms with van der Waals surface area (Å²) in [5.74, 6) is -0.958. The van der Waals surface area contributed by atoms with Gasteiger partial charge in [-0.1, -0.05) is 19.1 Å². The SMILES string of the molecule is CCOC(=O)CONC(=O)c1cc2c(CC)cccc2[nH]1. The molecule has 0 saturated carbocycles. The van der Waals surface area contributed by atoms with Crippen molar-refractivity contribution in [1.82, 2.24) is 10.5 Å². The highest BCUT2D eigenvalue weighted by Crippen LogP contribution is 2.20. The molecular weight excluding hydrogens is 272 g/mol. The van der Waals surface area contributed by atoms with E-state index in [0.717, 1.165) is 22.9 Å². The number of nitrogens with one attached hydrogen (secondary N) is 2. The minimum atomic E-state index is -0.525. The molecule has 0 radical (unpaired) electrons. The van der Waals surface area contributed by atoms with Crippen LogP contribution in [0.4, 0.5) is 0 Å². The summed E-state index contributed by atoms with van der Waals surface area (Å²) in [6.45, 7) is 3.72. The Kier molecular flexibility index (Phi) is 4.94. The Hall–Kier alpha value is -2.34. The maximum absolute atomic E-state index is 11.9. The molecule has 21 heavy (non-hydrogen) atoms. The lowest BCUT2D eigenvalue weighted by molar-refractivity contribution is -0.150. The van der Waals surface area contributed by atoms with Gasteiger partial charge >= 0.3 is 5.97 Å². The Labute approximate surface area is 122 Å². The minimum absolute atomic E-state index is 0.276. The maximum atomic E-state index is 11.9. The highest BCUT2D eigenvalue weighted by Gasteiger charge is 2.12. The van der Waals surface area contributed by atoms with Gasteiger partial charge in [0, 0.05) is 10.9 Å². The molecule has 1 heterocycles. The van der Waals surface area contributed by atoms with E-state index in [1.807, 2.05) is 18.2 Å². The topological polar surface area (TPSA) is 80.4 Å². The van der Waals surface area contributed by atoms with Crippen molar-refractivity contribution in [1.29, 1.82) is 0 Å². The summed E-state index contributed by atoms with van der Waals surface area (Å²) in [4.78, 5) is 30.9. The zero-order chi connectivity index (χ0) is 15.2. The number of carbonyl (C=O) groups is 2. The van der Waals surface area contributed by atoms with E-state index >= 15 is 0 Å². The van der Waals surface area contributed by atoms with Crippen LogP contribution < -0.4 is 5.48 Å². The van der Waals surface area contributed by atoms with Crippen LogP contribution in [0.5, 0.6) is 0 Å². The van der Waals surface area contributed by atoms with Crippen molar-refractivity contribution in [3.8, 4) is 0 Å². The Morgan fingerprint density at radius 2 is 2.10 bits per heavy atom. The molecule has 0 aliphatic rings. The van der Waals surface area contributed by atoms with Gasteiger partial charge in [-0.2, -0.15) is 0 Å². The van der Waals surface area contributed by atoms with E-state index in [1.165, 1.54) is 0 Å².